The molecule has 2 aromatic heterocycles. The van der Waals surface area contributed by atoms with Gasteiger partial charge in [0.05, 0.1) is 6.04 Å². The van der Waals surface area contributed by atoms with Gasteiger partial charge in [-0.1, -0.05) is 25.3 Å². The van der Waals surface area contributed by atoms with Gasteiger partial charge in [-0.15, -0.1) is 10.2 Å². The van der Waals surface area contributed by atoms with E-state index in [1.165, 1.54) is 19.3 Å². The SMILES string of the molecule is CSCCC(NC(=O)C1CCCCC1)c1nnc2ccccn12. The van der Waals surface area contributed by atoms with Crippen LogP contribution in [0.1, 0.15) is 50.4 Å². The Labute approximate surface area is 141 Å². The van der Waals surface area contributed by atoms with Crippen LogP contribution in [-0.4, -0.2) is 32.5 Å². The van der Waals surface area contributed by atoms with Crippen LogP contribution in [0, 0.1) is 5.92 Å². The van der Waals surface area contributed by atoms with Gasteiger partial charge in [-0.05, 0) is 43.4 Å². The lowest BCUT2D eigenvalue weighted by molar-refractivity contribution is -0.126. The smallest absolute Gasteiger partial charge is 0.223 e. The van der Waals surface area contributed by atoms with Crippen LogP contribution < -0.4 is 5.32 Å². The molecule has 1 saturated carbocycles. The summed E-state index contributed by atoms with van der Waals surface area (Å²) in [6.45, 7) is 0. The van der Waals surface area contributed by atoms with Crippen LogP contribution >= 0.6 is 11.8 Å². The predicted octanol–water partition coefficient (Wildman–Crippen LogP) is 3.22. The van der Waals surface area contributed by atoms with Crippen LogP contribution in [0.15, 0.2) is 24.4 Å². The highest BCUT2D eigenvalue weighted by Crippen LogP contribution is 2.25. The monoisotopic (exact) mass is 332 g/mol. The van der Waals surface area contributed by atoms with Crippen LogP contribution in [-0.2, 0) is 4.79 Å². The van der Waals surface area contributed by atoms with Crippen molar-refractivity contribution in [3.8, 4) is 0 Å². The molecule has 1 amide bonds. The van der Waals surface area contributed by atoms with Gasteiger partial charge in [0.15, 0.2) is 11.5 Å². The molecule has 1 aliphatic rings. The van der Waals surface area contributed by atoms with E-state index in [0.717, 1.165) is 36.5 Å². The minimum Gasteiger partial charge on any atom is -0.346 e. The van der Waals surface area contributed by atoms with Gasteiger partial charge in [0.1, 0.15) is 0 Å². The lowest BCUT2D eigenvalue weighted by atomic mass is 9.88. The number of nitrogens with zero attached hydrogens (tertiary/aromatic N) is 3. The van der Waals surface area contributed by atoms with E-state index in [-0.39, 0.29) is 17.9 Å². The second kappa shape index (κ2) is 7.81. The highest BCUT2D eigenvalue weighted by Gasteiger charge is 2.26. The number of hydrogen-bond donors (Lipinski definition) is 1. The first-order valence-corrected chi connectivity index (χ1v) is 9.78. The maximum atomic E-state index is 12.6. The van der Waals surface area contributed by atoms with Gasteiger partial charge in [0, 0.05) is 12.1 Å². The van der Waals surface area contributed by atoms with Crippen molar-refractivity contribution in [1.29, 1.82) is 0 Å². The summed E-state index contributed by atoms with van der Waals surface area (Å²) in [7, 11) is 0. The minimum atomic E-state index is -0.0747. The zero-order valence-electron chi connectivity index (χ0n) is 13.6. The van der Waals surface area contributed by atoms with E-state index >= 15 is 0 Å². The average Bonchev–Trinajstić information content (AvgIpc) is 3.03. The van der Waals surface area contributed by atoms with E-state index in [1.54, 1.807) is 11.8 Å². The molecular formula is C17H24N4OS. The molecule has 6 heteroatoms. The molecule has 0 spiro atoms. The Kier molecular flexibility index (Phi) is 5.54. The number of fused-ring (bicyclic) bond motifs is 1. The Morgan fingerprint density at radius 3 is 2.96 bits per heavy atom. The first-order valence-electron chi connectivity index (χ1n) is 8.38. The normalized spacial score (nSPS) is 17.3. The Morgan fingerprint density at radius 2 is 2.17 bits per heavy atom. The molecule has 1 N–H and O–H groups in total. The minimum absolute atomic E-state index is 0.0747. The van der Waals surface area contributed by atoms with Crippen LogP contribution in [0.4, 0.5) is 0 Å². The van der Waals surface area contributed by atoms with E-state index < -0.39 is 0 Å². The molecule has 1 atom stereocenters. The third-order valence-electron chi connectivity index (χ3n) is 4.55. The van der Waals surface area contributed by atoms with E-state index in [2.05, 4.69) is 21.8 Å². The lowest BCUT2D eigenvalue weighted by Gasteiger charge is -2.24. The molecule has 1 unspecified atom stereocenters. The van der Waals surface area contributed by atoms with E-state index in [0.29, 0.717) is 0 Å². The maximum absolute atomic E-state index is 12.6. The average molecular weight is 332 g/mol. The zero-order chi connectivity index (χ0) is 16.1. The number of hydrogen-bond acceptors (Lipinski definition) is 4. The first-order chi connectivity index (χ1) is 11.3. The van der Waals surface area contributed by atoms with E-state index in [9.17, 15) is 4.79 Å². The number of aromatic nitrogens is 3. The van der Waals surface area contributed by atoms with Crippen molar-refractivity contribution < 1.29 is 4.79 Å². The third kappa shape index (κ3) is 3.86. The molecular weight excluding hydrogens is 308 g/mol. The third-order valence-corrected chi connectivity index (χ3v) is 5.20. The topological polar surface area (TPSA) is 59.3 Å². The fraction of sp³-hybridized carbons (Fsp3) is 0.588. The number of amides is 1. The van der Waals surface area contributed by atoms with Gasteiger partial charge in [-0.2, -0.15) is 11.8 Å². The van der Waals surface area contributed by atoms with E-state index in [1.807, 2.05) is 28.8 Å². The first kappa shape index (κ1) is 16.3. The largest absolute Gasteiger partial charge is 0.346 e. The molecule has 1 fully saturated rings. The standard InChI is InChI=1S/C17H24N4OS/c1-23-12-10-14(18-17(22)13-7-3-2-4-8-13)16-20-19-15-9-5-6-11-21(15)16/h5-6,9,11,13-14H,2-4,7-8,10,12H2,1H3,(H,18,22). The van der Waals surface area contributed by atoms with Crippen LogP contribution in [0.2, 0.25) is 0 Å². The van der Waals surface area contributed by atoms with Crippen LogP contribution in [0.5, 0.6) is 0 Å². The zero-order valence-corrected chi connectivity index (χ0v) is 14.4. The molecule has 2 heterocycles. The van der Waals surface area contributed by atoms with Crippen molar-refractivity contribution in [3.63, 3.8) is 0 Å². The molecule has 1 aliphatic carbocycles. The fourth-order valence-electron chi connectivity index (χ4n) is 3.25. The Morgan fingerprint density at radius 1 is 1.35 bits per heavy atom. The summed E-state index contributed by atoms with van der Waals surface area (Å²) in [6, 6.07) is 5.78. The van der Waals surface area contributed by atoms with Crippen molar-refractivity contribution in [3.05, 3.63) is 30.2 Å². The molecule has 5 nitrogen and oxygen atoms in total. The summed E-state index contributed by atoms with van der Waals surface area (Å²) in [5.41, 5.74) is 0.823. The molecule has 124 valence electrons. The summed E-state index contributed by atoms with van der Waals surface area (Å²) >= 11 is 1.79. The Hall–Kier alpha value is -1.56. The number of pyridine rings is 1. The molecule has 0 bridgehead atoms. The van der Waals surface area contributed by atoms with Crippen molar-refractivity contribution in [2.24, 2.45) is 5.92 Å². The Bertz CT molecular complexity index is 651. The maximum Gasteiger partial charge on any atom is 0.223 e. The van der Waals surface area contributed by atoms with Crippen molar-refractivity contribution in [1.82, 2.24) is 19.9 Å². The molecule has 0 radical (unpaired) electrons. The summed E-state index contributed by atoms with van der Waals surface area (Å²) in [4.78, 5) is 12.6. The fourth-order valence-corrected chi connectivity index (χ4v) is 3.72. The van der Waals surface area contributed by atoms with Crippen molar-refractivity contribution >= 4 is 23.3 Å². The van der Waals surface area contributed by atoms with Gasteiger partial charge in [-0.25, -0.2) is 0 Å². The summed E-state index contributed by atoms with van der Waals surface area (Å²) in [6.07, 6.45) is 10.5. The van der Waals surface area contributed by atoms with Gasteiger partial charge < -0.3 is 5.32 Å². The number of carbonyl (C=O) groups is 1. The summed E-state index contributed by atoms with van der Waals surface area (Å²) in [5.74, 6) is 2.17. The molecule has 23 heavy (non-hydrogen) atoms. The number of carbonyl (C=O) groups excluding carboxylic acids is 1. The molecule has 3 rings (SSSR count). The van der Waals surface area contributed by atoms with Crippen molar-refractivity contribution in [2.75, 3.05) is 12.0 Å². The highest BCUT2D eigenvalue weighted by atomic mass is 32.2. The molecule has 0 aromatic carbocycles. The quantitative estimate of drug-likeness (QED) is 0.882. The van der Waals surface area contributed by atoms with E-state index in [4.69, 9.17) is 0 Å². The number of thioether (sulfide) groups is 1. The molecule has 0 saturated heterocycles. The van der Waals surface area contributed by atoms with Crippen LogP contribution in [0.25, 0.3) is 5.65 Å². The van der Waals surface area contributed by atoms with Crippen molar-refractivity contribution in [2.45, 2.75) is 44.6 Å². The summed E-state index contributed by atoms with van der Waals surface area (Å²) < 4.78 is 1.98. The Balaban J connectivity index is 1.78. The number of nitrogens with one attached hydrogen (secondary N) is 1. The van der Waals surface area contributed by atoms with Gasteiger partial charge in [-0.3, -0.25) is 9.20 Å². The second-order valence-electron chi connectivity index (χ2n) is 6.16. The van der Waals surface area contributed by atoms with Gasteiger partial charge >= 0.3 is 0 Å². The molecule has 0 aliphatic heterocycles. The lowest BCUT2D eigenvalue weighted by Crippen LogP contribution is -2.36. The predicted molar refractivity (Wildman–Crippen MR) is 93.4 cm³/mol. The molecule has 2 aromatic rings. The van der Waals surface area contributed by atoms with Gasteiger partial charge in [0.25, 0.3) is 0 Å². The summed E-state index contributed by atoms with van der Waals surface area (Å²) in [5, 5.41) is 11.8. The number of rotatable bonds is 6. The van der Waals surface area contributed by atoms with Gasteiger partial charge in [0.2, 0.25) is 5.91 Å². The second-order valence-corrected chi connectivity index (χ2v) is 7.15. The highest BCUT2D eigenvalue weighted by molar-refractivity contribution is 7.98. The van der Waals surface area contributed by atoms with Crippen LogP contribution in [0.3, 0.4) is 0 Å².